The van der Waals surface area contributed by atoms with Crippen LogP contribution in [0.2, 0.25) is 0 Å². The molecule has 0 saturated carbocycles. The number of carbonyl (C=O) groups is 2. The third-order valence-electron chi connectivity index (χ3n) is 4.05. The number of hydrogen-bond acceptors (Lipinski definition) is 3. The first-order valence-corrected chi connectivity index (χ1v) is 8.99. The lowest BCUT2D eigenvalue weighted by Gasteiger charge is -2.11. The van der Waals surface area contributed by atoms with Gasteiger partial charge >= 0.3 is 0 Å². The monoisotopic (exact) mass is 380 g/mol. The number of aromatic nitrogens is 1. The minimum absolute atomic E-state index is 0.0683. The Kier molecular flexibility index (Phi) is 6.17. The first kappa shape index (κ1) is 18.6. The summed E-state index contributed by atoms with van der Waals surface area (Å²) in [5.41, 5.74) is 7.12. The zero-order chi connectivity index (χ0) is 19.1. The van der Waals surface area contributed by atoms with Crippen molar-refractivity contribution in [3.8, 4) is 0 Å². The van der Waals surface area contributed by atoms with Crippen LogP contribution in [0, 0.1) is 0 Å². The van der Waals surface area contributed by atoms with Crippen molar-refractivity contribution in [2.75, 3.05) is 0 Å². The van der Waals surface area contributed by atoms with Crippen molar-refractivity contribution in [2.45, 2.75) is 19.4 Å². The van der Waals surface area contributed by atoms with Crippen LogP contribution in [0.3, 0.4) is 0 Å². The van der Waals surface area contributed by atoms with Crippen LogP contribution in [0.5, 0.6) is 0 Å². The Bertz CT molecular complexity index is 953. The molecule has 1 aromatic heterocycles. The van der Waals surface area contributed by atoms with Gasteiger partial charge in [0, 0.05) is 18.1 Å². The van der Waals surface area contributed by atoms with Gasteiger partial charge in [0.1, 0.15) is 6.54 Å². The molecule has 27 heavy (non-hydrogen) atoms. The van der Waals surface area contributed by atoms with Crippen LogP contribution in [0.25, 0.3) is 10.9 Å². The Balaban J connectivity index is 1.40. The number of para-hydroxylation sites is 1. The predicted octanol–water partition coefficient (Wildman–Crippen LogP) is 2.30. The van der Waals surface area contributed by atoms with E-state index in [9.17, 15) is 9.59 Å². The first-order valence-electron chi connectivity index (χ1n) is 8.58. The van der Waals surface area contributed by atoms with Gasteiger partial charge in [0.2, 0.25) is 5.91 Å². The number of fused-ring (bicyclic) bond motifs is 1. The van der Waals surface area contributed by atoms with Crippen LogP contribution in [-0.4, -0.2) is 21.5 Å². The van der Waals surface area contributed by atoms with Gasteiger partial charge in [-0.15, -0.1) is 0 Å². The van der Waals surface area contributed by atoms with E-state index in [1.54, 1.807) is 0 Å². The first-order chi connectivity index (χ1) is 13.1. The fraction of sp³-hybridized carbons (Fsp3) is 0.150. The molecule has 7 heteroatoms. The number of hydrogen-bond donors (Lipinski definition) is 3. The molecule has 2 amide bonds. The molecule has 138 valence electrons. The third-order valence-corrected chi connectivity index (χ3v) is 4.25. The summed E-state index contributed by atoms with van der Waals surface area (Å²) >= 11 is 5.04. The Hall–Kier alpha value is -3.19. The molecule has 0 aliphatic rings. The molecule has 1 heterocycles. The lowest BCUT2D eigenvalue weighted by molar-refractivity contribution is -0.122. The summed E-state index contributed by atoms with van der Waals surface area (Å²) in [6.45, 7) is 0.144. The van der Waals surface area contributed by atoms with Crippen molar-refractivity contribution in [2.24, 2.45) is 0 Å². The van der Waals surface area contributed by atoms with Crippen molar-refractivity contribution in [3.63, 3.8) is 0 Å². The van der Waals surface area contributed by atoms with Gasteiger partial charge in [-0.05, 0) is 41.7 Å². The largest absolute Gasteiger partial charge is 0.338 e. The minimum Gasteiger partial charge on any atom is -0.338 e. The molecule has 6 nitrogen and oxygen atoms in total. The van der Waals surface area contributed by atoms with E-state index < -0.39 is 0 Å². The Morgan fingerprint density at radius 2 is 1.63 bits per heavy atom. The smallest absolute Gasteiger partial charge is 0.258 e. The summed E-state index contributed by atoms with van der Waals surface area (Å²) in [6, 6.07) is 19.5. The van der Waals surface area contributed by atoms with Crippen molar-refractivity contribution in [1.29, 1.82) is 0 Å². The number of nitrogens with zero attached hydrogens (tertiary/aromatic N) is 1. The van der Waals surface area contributed by atoms with Crippen LogP contribution in [0.4, 0.5) is 0 Å². The molecule has 0 unspecified atom stereocenters. The summed E-state index contributed by atoms with van der Waals surface area (Å²) in [4.78, 5) is 24.0. The zero-order valence-electron chi connectivity index (χ0n) is 14.6. The van der Waals surface area contributed by atoms with E-state index in [1.165, 1.54) is 0 Å². The van der Waals surface area contributed by atoms with Crippen LogP contribution < -0.4 is 16.2 Å². The maximum absolute atomic E-state index is 12.1. The SMILES string of the molecule is O=C(Cn1ccc2ccccc21)NNC(=S)NC(=O)CCc1ccccc1. The average molecular weight is 380 g/mol. The predicted molar refractivity (Wildman–Crippen MR) is 109 cm³/mol. The summed E-state index contributed by atoms with van der Waals surface area (Å²) in [5, 5.41) is 3.69. The van der Waals surface area contributed by atoms with E-state index in [0.717, 1.165) is 16.5 Å². The van der Waals surface area contributed by atoms with Crippen LogP contribution >= 0.6 is 12.2 Å². The van der Waals surface area contributed by atoms with Crippen molar-refractivity contribution in [3.05, 3.63) is 72.4 Å². The standard InChI is InChI=1S/C20H20N4O2S/c25-18(11-10-15-6-2-1-3-7-15)21-20(27)23-22-19(26)14-24-13-12-16-8-4-5-9-17(16)24/h1-9,12-13H,10-11,14H2,(H,22,26)(H2,21,23,25,27). The zero-order valence-corrected chi connectivity index (χ0v) is 15.5. The number of rotatable bonds is 5. The molecule has 0 aliphatic carbocycles. The van der Waals surface area contributed by atoms with Gasteiger partial charge in [-0.1, -0.05) is 48.5 Å². The molecule has 0 radical (unpaired) electrons. The summed E-state index contributed by atoms with van der Waals surface area (Å²) in [7, 11) is 0. The van der Waals surface area contributed by atoms with Gasteiger partial charge in [-0.2, -0.15) is 0 Å². The summed E-state index contributed by atoms with van der Waals surface area (Å²) in [5.74, 6) is -0.473. The van der Waals surface area contributed by atoms with E-state index in [-0.39, 0.29) is 23.5 Å². The Morgan fingerprint density at radius 1 is 0.889 bits per heavy atom. The number of aryl methyl sites for hydroxylation is 1. The highest BCUT2D eigenvalue weighted by Gasteiger charge is 2.08. The minimum atomic E-state index is -0.266. The number of carbonyl (C=O) groups excluding carboxylic acids is 2. The number of benzene rings is 2. The molecule has 0 spiro atoms. The highest BCUT2D eigenvalue weighted by molar-refractivity contribution is 7.80. The fourth-order valence-electron chi connectivity index (χ4n) is 2.72. The van der Waals surface area contributed by atoms with Gasteiger partial charge in [0.15, 0.2) is 5.11 Å². The second-order valence-corrected chi connectivity index (χ2v) is 6.45. The van der Waals surface area contributed by atoms with Crippen molar-refractivity contribution >= 4 is 40.0 Å². The second kappa shape index (κ2) is 8.95. The average Bonchev–Trinajstić information content (AvgIpc) is 3.08. The Morgan fingerprint density at radius 3 is 2.44 bits per heavy atom. The molecule has 3 aromatic rings. The number of thiocarbonyl (C=S) groups is 1. The molecule has 3 rings (SSSR count). The van der Waals surface area contributed by atoms with E-state index in [4.69, 9.17) is 12.2 Å². The molecule has 3 N–H and O–H groups in total. The maximum Gasteiger partial charge on any atom is 0.258 e. The highest BCUT2D eigenvalue weighted by atomic mass is 32.1. The van der Waals surface area contributed by atoms with E-state index >= 15 is 0 Å². The quantitative estimate of drug-likeness (QED) is 0.469. The van der Waals surface area contributed by atoms with Crippen LogP contribution in [-0.2, 0) is 22.6 Å². The van der Waals surface area contributed by atoms with Crippen LogP contribution in [0.15, 0.2) is 66.9 Å². The molecule has 0 aliphatic heterocycles. The third kappa shape index (κ3) is 5.39. The van der Waals surface area contributed by atoms with Crippen molar-refractivity contribution in [1.82, 2.24) is 20.7 Å². The number of nitrogens with one attached hydrogen (secondary N) is 3. The molecule has 0 bridgehead atoms. The molecular weight excluding hydrogens is 360 g/mol. The van der Waals surface area contributed by atoms with Gasteiger partial charge in [-0.25, -0.2) is 0 Å². The van der Waals surface area contributed by atoms with E-state index in [1.807, 2.05) is 71.4 Å². The lowest BCUT2D eigenvalue weighted by Crippen LogP contribution is -2.49. The number of hydrazine groups is 1. The molecular formula is C20H20N4O2S. The van der Waals surface area contributed by atoms with Crippen LogP contribution in [0.1, 0.15) is 12.0 Å². The van der Waals surface area contributed by atoms with Gasteiger partial charge in [0.25, 0.3) is 5.91 Å². The molecule has 0 atom stereocenters. The van der Waals surface area contributed by atoms with Crippen molar-refractivity contribution < 1.29 is 9.59 Å². The van der Waals surface area contributed by atoms with E-state index in [2.05, 4.69) is 16.2 Å². The summed E-state index contributed by atoms with van der Waals surface area (Å²) < 4.78 is 1.84. The van der Waals surface area contributed by atoms with E-state index in [0.29, 0.717) is 12.8 Å². The van der Waals surface area contributed by atoms with Gasteiger partial charge in [-0.3, -0.25) is 20.4 Å². The Labute approximate surface area is 162 Å². The maximum atomic E-state index is 12.1. The normalized spacial score (nSPS) is 10.4. The van der Waals surface area contributed by atoms with Gasteiger partial charge in [0.05, 0.1) is 0 Å². The summed E-state index contributed by atoms with van der Waals surface area (Å²) in [6.07, 6.45) is 2.80. The fourth-order valence-corrected chi connectivity index (χ4v) is 2.89. The second-order valence-electron chi connectivity index (χ2n) is 6.04. The molecule has 2 aromatic carbocycles. The highest BCUT2D eigenvalue weighted by Crippen LogP contribution is 2.14. The van der Waals surface area contributed by atoms with Gasteiger partial charge < -0.3 is 9.88 Å². The number of amides is 2. The lowest BCUT2D eigenvalue weighted by atomic mass is 10.1. The molecule has 0 fully saturated rings. The molecule has 0 saturated heterocycles. The topological polar surface area (TPSA) is 75.2 Å².